The molecule has 2 aromatic carbocycles. The summed E-state index contributed by atoms with van der Waals surface area (Å²) < 4.78 is 35.8. The zero-order chi connectivity index (χ0) is 21.1. The van der Waals surface area contributed by atoms with Crippen molar-refractivity contribution in [1.29, 1.82) is 0 Å². The summed E-state index contributed by atoms with van der Waals surface area (Å²) in [5, 5.41) is 3.33. The first kappa shape index (κ1) is 22.1. The number of halogens is 2. The molecule has 2 aromatic rings. The minimum Gasteiger partial charge on any atom is -0.495 e. The molecule has 1 N–H and O–H groups in total. The van der Waals surface area contributed by atoms with Crippen molar-refractivity contribution in [3.05, 3.63) is 45.9 Å². The molecule has 0 aliphatic heterocycles. The van der Waals surface area contributed by atoms with Crippen LogP contribution >= 0.6 is 23.2 Å². The van der Waals surface area contributed by atoms with E-state index in [1.165, 1.54) is 32.4 Å². The SMILES string of the molecule is COc1cc(NC(=O)CN(c2ccc(C)c(Cl)c2)S(C)(=O)=O)c(OC)cc1Cl. The minimum atomic E-state index is -3.73. The van der Waals surface area contributed by atoms with Gasteiger partial charge in [0.1, 0.15) is 18.0 Å². The number of carbonyl (C=O) groups is 1. The van der Waals surface area contributed by atoms with Crippen LogP contribution in [0.25, 0.3) is 0 Å². The molecule has 0 atom stereocenters. The number of nitrogens with zero attached hydrogens (tertiary/aromatic N) is 1. The van der Waals surface area contributed by atoms with Gasteiger partial charge in [0, 0.05) is 17.2 Å². The molecule has 0 bridgehead atoms. The molecule has 0 fully saturated rings. The van der Waals surface area contributed by atoms with Crippen LogP contribution in [0.1, 0.15) is 5.56 Å². The normalized spacial score (nSPS) is 11.1. The number of sulfonamides is 1. The minimum absolute atomic E-state index is 0.286. The van der Waals surface area contributed by atoms with Crippen LogP contribution in [0.3, 0.4) is 0 Å². The molecule has 152 valence electrons. The Kier molecular flexibility index (Phi) is 7.03. The number of hydrogen-bond donors (Lipinski definition) is 1. The van der Waals surface area contributed by atoms with Gasteiger partial charge in [-0.25, -0.2) is 8.42 Å². The molecule has 0 spiro atoms. The molecule has 0 aliphatic carbocycles. The number of nitrogens with one attached hydrogen (secondary N) is 1. The van der Waals surface area contributed by atoms with E-state index in [-0.39, 0.29) is 5.69 Å². The van der Waals surface area contributed by atoms with E-state index < -0.39 is 22.5 Å². The molecule has 0 saturated carbocycles. The highest BCUT2D eigenvalue weighted by Gasteiger charge is 2.22. The molecule has 0 unspecified atom stereocenters. The Balaban J connectivity index is 2.31. The van der Waals surface area contributed by atoms with E-state index >= 15 is 0 Å². The van der Waals surface area contributed by atoms with Crippen molar-refractivity contribution in [3.63, 3.8) is 0 Å². The lowest BCUT2D eigenvalue weighted by molar-refractivity contribution is -0.114. The van der Waals surface area contributed by atoms with Crippen molar-refractivity contribution in [3.8, 4) is 11.5 Å². The van der Waals surface area contributed by atoms with Crippen molar-refractivity contribution in [2.45, 2.75) is 6.92 Å². The third-order valence-electron chi connectivity index (χ3n) is 3.88. The Labute approximate surface area is 174 Å². The van der Waals surface area contributed by atoms with Gasteiger partial charge in [-0.3, -0.25) is 9.10 Å². The number of anilines is 2. The van der Waals surface area contributed by atoms with Crippen molar-refractivity contribution in [2.75, 3.05) is 36.6 Å². The predicted octanol–water partition coefficient (Wildman–Crippen LogP) is 3.72. The van der Waals surface area contributed by atoms with Crippen molar-refractivity contribution in [2.24, 2.45) is 0 Å². The summed E-state index contributed by atoms with van der Waals surface area (Å²) in [5.41, 5.74) is 1.37. The number of carbonyl (C=O) groups excluding carboxylic acids is 1. The lowest BCUT2D eigenvalue weighted by Crippen LogP contribution is -2.37. The molecule has 7 nitrogen and oxygen atoms in total. The summed E-state index contributed by atoms with van der Waals surface area (Å²) in [5.74, 6) is 0.0660. The van der Waals surface area contributed by atoms with Gasteiger partial charge in [0.2, 0.25) is 15.9 Å². The van der Waals surface area contributed by atoms with Gasteiger partial charge < -0.3 is 14.8 Å². The fourth-order valence-corrected chi connectivity index (χ4v) is 3.67. The summed E-state index contributed by atoms with van der Waals surface area (Å²) in [4.78, 5) is 12.6. The second-order valence-corrected chi connectivity index (χ2v) is 8.66. The summed E-state index contributed by atoms with van der Waals surface area (Å²) in [6.07, 6.45) is 1.01. The van der Waals surface area contributed by atoms with E-state index in [0.29, 0.717) is 27.2 Å². The number of methoxy groups -OCH3 is 2. The highest BCUT2D eigenvalue weighted by atomic mass is 35.5. The number of rotatable bonds is 7. The maximum atomic E-state index is 12.6. The average Bonchev–Trinajstić information content (AvgIpc) is 2.62. The van der Waals surface area contributed by atoms with Gasteiger partial charge in [-0.1, -0.05) is 29.3 Å². The van der Waals surface area contributed by atoms with E-state index in [1.807, 2.05) is 0 Å². The Morgan fingerprint density at radius 2 is 1.71 bits per heavy atom. The predicted molar refractivity (Wildman–Crippen MR) is 112 cm³/mol. The molecule has 0 aromatic heterocycles. The van der Waals surface area contributed by atoms with E-state index in [1.54, 1.807) is 19.1 Å². The molecule has 10 heteroatoms. The molecular weight excluding hydrogens is 427 g/mol. The van der Waals surface area contributed by atoms with Crippen LogP contribution in [0, 0.1) is 6.92 Å². The van der Waals surface area contributed by atoms with Crippen LogP contribution in [-0.2, 0) is 14.8 Å². The van der Waals surface area contributed by atoms with Gasteiger partial charge in [-0.2, -0.15) is 0 Å². The number of amides is 1. The molecule has 0 heterocycles. The summed E-state index contributed by atoms with van der Waals surface area (Å²) in [6.45, 7) is 1.34. The molecule has 0 saturated heterocycles. The lowest BCUT2D eigenvalue weighted by atomic mass is 10.2. The number of ether oxygens (including phenoxy) is 2. The number of aryl methyl sites for hydroxylation is 1. The summed E-state index contributed by atoms with van der Waals surface area (Å²) in [6, 6.07) is 7.75. The van der Waals surface area contributed by atoms with Crippen LogP contribution in [0.4, 0.5) is 11.4 Å². The van der Waals surface area contributed by atoms with Gasteiger partial charge in [-0.15, -0.1) is 0 Å². The van der Waals surface area contributed by atoms with Gasteiger partial charge >= 0.3 is 0 Å². The van der Waals surface area contributed by atoms with Crippen LogP contribution in [-0.4, -0.2) is 41.3 Å². The Hall–Kier alpha value is -2.16. The van der Waals surface area contributed by atoms with Crippen molar-refractivity contribution in [1.82, 2.24) is 0 Å². The van der Waals surface area contributed by atoms with Gasteiger partial charge in [0.05, 0.1) is 36.9 Å². The van der Waals surface area contributed by atoms with E-state index in [9.17, 15) is 13.2 Å². The second-order valence-electron chi connectivity index (χ2n) is 5.94. The molecule has 1 amide bonds. The Bertz CT molecular complexity index is 996. The van der Waals surface area contributed by atoms with Crippen molar-refractivity contribution >= 4 is 50.5 Å². The molecule has 28 heavy (non-hydrogen) atoms. The fourth-order valence-electron chi connectivity index (χ4n) is 2.42. The molecular formula is C18H20Cl2N2O5S. The first-order valence-electron chi connectivity index (χ1n) is 8.02. The van der Waals surface area contributed by atoms with Crippen molar-refractivity contribution < 1.29 is 22.7 Å². The Morgan fingerprint density at radius 3 is 2.25 bits per heavy atom. The zero-order valence-corrected chi connectivity index (χ0v) is 18.1. The summed E-state index contributed by atoms with van der Waals surface area (Å²) >= 11 is 12.1. The third kappa shape index (κ3) is 5.21. The van der Waals surface area contributed by atoms with Crippen LogP contribution in [0.5, 0.6) is 11.5 Å². The van der Waals surface area contributed by atoms with Crippen LogP contribution in [0.2, 0.25) is 10.0 Å². The zero-order valence-electron chi connectivity index (χ0n) is 15.7. The first-order chi connectivity index (χ1) is 13.1. The quantitative estimate of drug-likeness (QED) is 0.700. The molecule has 0 radical (unpaired) electrons. The average molecular weight is 447 g/mol. The van der Waals surface area contributed by atoms with Gasteiger partial charge in [0.15, 0.2) is 0 Å². The highest BCUT2D eigenvalue weighted by molar-refractivity contribution is 7.92. The van der Waals surface area contributed by atoms with Gasteiger partial charge in [-0.05, 0) is 24.6 Å². The topological polar surface area (TPSA) is 84.9 Å². The highest BCUT2D eigenvalue weighted by Crippen LogP contribution is 2.36. The lowest BCUT2D eigenvalue weighted by Gasteiger charge is -2.23. The third-order valence-corrected chi connectivity index (χ3v) is 5.72. The summed E-state index contributed by atoms with van der Waals surface area (Å²) in [7, 11) is -0.875. The monoisotopic (exact) mass is 446 g/mol. The van der Waals surface area contributed by atoms with Crippen LogP contribution < -0.4 is 19.1 Å². The standard InChI is InChI=1S/C18H20Cl2N2O5S/c1-11-5-6-12(7-13(11)19)22(28(4,24)25)10-18(23)21-15-9-16(26-2)14(20)8-17(15)27-3/h5-9H,10H2,1-4H3,(H,21,23). The first-order valence-corrected chi connectivity index (χ1v) is 10.6. The maximum Gasteiger partial charge on any atom is 0.245 e. The largest absolute Gasteiger partial charge is 0.495 e. The number of hydrogen-bond acceptors (Lipinski definition) is 5. The Morgan fingerprint density at radius 1 is 1.07 bits per heavy atom. The second kappa shape index (κ2) is 8.89. The molecule has 0 aliphatic rings. The smallest absolute Gasteiger partial charge is 0.245 e. The van der Waals surface area contributed by atoms with E-state index in [2.05, 4.69) is 5.32 Å². The van der Waals surface area contributed by atoms with E-state index in [4.69, 9.17) is 32.7 Å². The molecule has 2 rings (SSSR count). The van der Waals surface area contributed by atoms with Crippen LogP contribution in [0.15, 0.2) is 30.3 Å². The maximum absolute atomic E-state index is 12.6. The van der Waals surface area contributed by atoms with Gasteiger partial charge in [0.25, 0.3) is 0 Å². The number of benzene rings is 2. The van der Waals surface area contributed by atoms with E-state index in [0.717, 1.165) is 16.1 Å². The fraction of sp³-hybridized carbons (Fsp3) is 0.278.